The smallest absolute Gasteiger partial charge is 0.339 e. The molecule has 2 heterocycles. The molecule has 2 aromatic heterocycles. The van der Waals surface area contributed by atoms with Crippen LogP contribution in [0.25, 0.3) is 0 Å². The Balaban J connectivity index is 1.40. The summed E-state index contributed by atoms with van der Waals surface area (Å²) in [5.74, 6) is 0.788. The van der Waals surface area contributed by atoms with Gasteiger partial charge >= 0.3 is 5.97 Å². The van der Waals surface area contributed by atoms with Gasteiger partial charge in [0, 0.05) is 27.9 Å². The molecular formula is C22H23N3O4S. The first-order chi connectivity index (χ1) is 14.4. The number of Topliss-reactive ketones (excluding diaryl/α,β-unsaturated/α-hetero) is 1. The number of thioether (sulfide) groups is 1. The van der Waals surface area contributed by atoms with E-state index in [0.29, 0.717) is 34.6 Å². The minimum absolute atomic E-state index is 0.185. The number of nitrogens with zero attached hydrogens (tertiary/aromatic N) is 3. The lowest BCUT2D eigenvalue weighted by Gasteiger charge is -2.09. The molecule has 0 spiro atoms. The lowest BCUT2D eigenvalue weighted by molar-refractivity contribution is 0.0471. The SMILES string of the molecule is Cc1noc(CSc2ccccc2C(=O)OCC(=O)c2cc(C)n(C3CC3)c2C)n1. The lowest BCUT2D eigenvalue weighted by atomic mass is 10.1. The molecule has 0 saturated heterocycles. The number of rotatable bonds is 8. The second-order valence-electron chi connectivity index (χ2n) is 7.41. The second kappa shape index (κ2) is 8.47. The van der Waals surface area contributed by atoms with Crippen molar-refractivity contribution >= 4 is 23.5 Å². The molecular weight excluding hydrogens is 402 g/mol. The Morgan fingerprint density at radius 3 is 2.67 bits per heavy atom. The summed E-state index contributed by atoms with van der Waals surface area (Å²) in [4.78, 5) is 30.2. The zero-order valence-electron chi connectivity index (χ0n) is 17.2. The molecule has 4 rings (SSSR count). The maximum atomic E-state index is 12.7. The summed E-state index contributed by atoms with van der Waals surface area (Å²) in [5.41, 5.74) is 3.06. The van der Waals surface area contributed by atoms with E-state index in [2.05, 4.69) is 14.7 Å². The number of ketones is 1. The van der Waals surface area contributed by atoms with Gasteiger partial charge in [-0.2, -0.15) is 4.98 Å². The predicted molar refractivity (Wildman–Crippen MR) is 112 cm³/mol. The fraction of sp³-hybridized carbons (Fsp3) is 0.364. The summed E-state index contributed by atoms with van der Waals surface area (Å²) in [7, 11) is 0. The molecule has 7 nitrogen and oxygen atoms in total. The quantitative estimate of drug-likeness (QED) is 0.299. The number of aromatic nitrogens is 3. The van der Waals surface area contributed by atoms with Gasteiger partial charge in [-0.25, -0.2) is 4.79 Å². The second-order valence-corrected chi connectivity index (χ2v) is 8.42. The van der Waals surface area contributed by atoms with Gasteiger partial charge in [0.05, 0.1) is 11.3 Å². The highest BCUT2D eigenvalue weighted by Crippen LogP contribution is 2.38. The third-order valence-corrected chi connectivity index (χ3v) is 6.12. The standard InChI is InChI=1S/C22H23N3O4S/c1-13-10-18(14(2)25(13)16-8-9-16)19(26)11-28-22(27)17-6-4-5-7-20(17)30-12-21-23-15(3)24-29-21/h4-7,10,16H,8-9,11-12H2,1-3H3. The number of carbonyl (C=O) groups is 2. The molecule has 0 bridgehead atoms. The number of carbonyl (C=O) groups excluding carboxylic acids is 2. The van der Waals surface area contributed by atoms with Crippen LogP contribution in [0.3, 0.4) is 0 Å². The number of hydrogen-bond acceptors (Lipinski definition) is 7. The monoisotopic (exact) mass is 425 g/mol. The van der Waals surface area contributed by atoms with Crippen LogP contribution < -0.4 is 0 Å². The number of esters is 1. The van der Waals surface area contributed by atoms with Gasteiger partial charge < -0.3 is 13.8 Å². The van der Waals surface area contributed by atoms with Crippen LogP contribution in [0, 0.1) is 20.8 Å². The van der Waals surface area contributed by atoms with E-state index in [4.69, 9.17) is 9.26 Å². The molecule has 1 saturated carbocycles. The average molecular weight is 426 g/mol. The zero-order valence-corrected chi connectivity index (χ0v) is 18.0. The molecule has 30 heavy (non-hydrogen) atoms. The van der Waals surface area contributed by atoms with Gasteiger partial charge in [0.15, 0.2) is 12.4 Å². The summed E-state index contributed by atoms with van der Waals surface area (Å²) in [6.45, 7) is 5.43. The number of benzene rings is 1. The Bertz CT molecular complexity index is 1100. The van der Waals surface area contributed by atoms with Gasteiger partial charge in [-0.3, -0.25) is 4.79 Å². The normalized spacial score (nSPS) is 13.4. The van der Waals surface area contributed by atoms with Crippen molar-refractivity contribution in [3.63, 3.8) is 0 Å². The van der Waals surface area contributed by atoms with Gasteiger partial charge in [-0.05, 0) is 51.8 Å². The average Bonchev–Trinajstić information content (AvgIpc) is 3.40. The Hall–Kier alpha value is -2.87. The maximum absolute atomic E-state index is 12.7. The molecule has 156 valence electrons. The molecule has 0 N–H and O–H groups in total. The highest BCUT2D eigenvalue weighted by atomic mass is 32.2. The van der Waals surface area contributed by atoms with E-state index in [1.165, 1.54) is 11.8 Å². The van der Waals surface area contributed by atoms with E-state index < -0.39 is 5.97 Å². The molecule has 1 aliphatic carbocycles. The van der Waals surface area contributed by atoms with Gasteiger partial charge in [-0.1, -0.05) is 17.3 Å². The highest BCUT2D eigenvalue weighted by Gasteiger charge is 2.28. The molecule has 0 unspecified atom stereocenters. The van der Waals surface area contributed by atoms with E-state index in [0.717, 1.165) is 29.1 Å². The van der Waals surface area contributed by atoms with Crippen LogP contribution in [-0.2, 0) is 10.5 Å². The van der Waals surface area contributed by atoms with Gasteiger partial charge in [0.2, 0.25) is 11.7 Å². The first-order valence-electron chi connectivity index (χ1n) is 9.84. The number of aryl methyl sites for hydroxylation is 2. The van der Waals surface area contributed by atoms with Crippen molar-refractivity contribution < 1.29 is 18.8 Å². The van der Waals surface area contributed by atoms with Crippen molar-refractivity contribution in [1.82, 2.24) is 14.7 Å². The van der Waals surface area contributed by atoms with Crippen LogP contribution in [0.4, 0.5) is 0 Å². The molecule has 8 heteroatoms. The Morgan fingerprint density at radius 2 is 1.97 bits per heavy atom. The van der Waals surface area contributed by atoms with Gasteiger partial charge in [0.1, 0.15) is 0 Å². The summed E-state index contributed by atoms with van der Waals surface area (Å²) >= 11 is 1.40. The topological polar surface area (TPSA) is 87.2 Å². The van der Waals surface area contributed by atoms with Crippen molar-refractivity contribution in [2.45, 2.75) is 50.3 Å². The van der Waals surface area contributed by atoms with E-state index >= 15 is 0 Å². The molecule has 1 aliphatic rings. The fourth-order valence-corrected chi connectivity index (χ4v) is 4.42. The Morgan fingerprint density at radius 1 is 1.20 bits per heavy atom. The van der Waals surface area contributed by atoms with Crippen molar-refractivity contribution in [3.8, 4) is 0 Å². The largest absolute Gasteiger partial charge is 0.454 e. The van der Waals surface area contributed by atoms with Crippen molar-refractivity contribution in [2.75, 3.05) is 6.61 Å². The summed E-state index contributed by atoms with van der Waals surface area (Å²) in [6, 6.07) is 9.52. The molecule has 0 aliphatic heterocycles. The third-order valence-electron chi connectivity index (χ3n) is 5.06. The minimum Gasteiger partial charge on any atom is -0.454 e. The first kappa shape index (κ1) is 20.4. The van der Waals surface area contributed by atoms with Gasteiger partial charge in [-0.15, -0.1) is 11.8 Å². The minimum atomic E-state index is -0.524. The fourth-order valence-electron chi connectivity index (χ4n) is 3.54. The van der Waals surface area contributed by atoms with Crippen LogP contribution in [0.15, 0.2) is 39.8 Å². The van der Waals surface area contributed by atoms with E-state index in [1.54, 1.807) is 19.1 Å². The zero-order chi connectivity index (χ0) is 21.3. The lowest BCUT2D eigenvalue weighted by Crippen LogP contribution is -2.15. The number of ether oxygens (including phenoxy) is 1. The first-order valence-corrected chi connectivity index (χ1v) is 10.8. The third kappa shape index (κ3) is 4.33. The molecule has 0 amide bonds. The van der Waals surface area contributed by atoms with Crippen LogP contribution in [0.2, 0.25) is 0 Å². The molecule has 1 fully saturated rings. The molecule has 0 atom stereocenters. The maximum Gasteiger partial charge on any atom is 0.339 e. The van der Waals surface area contributed by atoms with Crippen LogP contribution >= 0.6 is 11.8 Å². The van der Waals surface area contributed by atoms with Crippen LogP contribution in [-0.4, -0.2) is 33.1 Å². The number of hydrogen-bond donors (Lipinski definition) is 0. The van der Waals surface area contributed by atoms with E-state index in [-0.39, 0.29) is 12.4 Å². The molecule has 1 aromatic carbocycles. The summed E-state index contributed by atoms with van der Waals surface area (Å²) in [5, 5.41) is 3.76. The predicted octanol–water partition coefficient (Wildman–Crippen LogP) is 4.46. The highest BCUT2D eigenvalue weighted by molar-refractivity contribution is 7.98. The van der Waals surface area contributed by atoms with Crippen molar-refractivity contribution in [2.24, 2.45) is 0 Å². The van der Waals surface area contributed by atoms with Crippen LogP contribution in [0.1, 0.15) is 62.7 Å². The molecule has 3 aromatic rings. The van der Waals surface area contributed by atoms with Gasteiger partial charge in [0.25, 0.3) is 0 Å². The molecule has 0 radical (unpaired) electrons. The summed E-state index contributed by atoms with van der Waals surface area (Å²) < 4.78 is 12.7. The van der Waals surface area contributed by atoms with Crippen molar-refractivity contribution in [1.29, 1.82) is 0 Å². The Labute approximate surface area is 178 Å². The summed E-state index contributed by atoms with van der Waals surface area (Å²) in [6.07, 6.45) is 2.30. The van der Waals surface area contributed by atoms with E-state index in [9.17, 15) is 9.59 Å². The Kier molecular flexibility index (Phi) is 5.76. The van der Waals surface area contributed by atoms with Crippen molar-refractivity contribution in [3.05, 3.63) is 64.6 Å². The van der Waals surface area contributed by atoms with Crippen LogP contribution in [0.5, 0.6) is 0 Å². The van der Waals surface area contributed by atoms with E-state index in [1.807, 2.05) is 32.0 Å².